The highest BCUT2D eigenvalue weighted by Gasteiger charge is 2.33. The number of methoxy groups -OCH3 is 1. The molecule has 39 heavy (non-hydrogen) atoms. The molecule has 0 fully saturated rings. The first kappa shape index (κ1) is 28.5. The molecular weight excluding hydrogens is 532 g/mol. The monoisotopic (exact) mass is 564 g/mol. The number of ether oxygens (including phenoxy) is 1. The summed E-state index contributed by atoms with van der Waals surface area (Å²) in [6.45, 7) is 4.10. The molecule has 2 atom stereocenters. The van der Waals surface area contributed by atoms with Gasteiger partial charge in [0.2, 0.25) is 11.8 Å². The van der Waals surface area contributed by atoms with Gasteiger partial charge < -0.3 is 20.3 Å². The molecule has 0 saturated carbocycles. The molecule has 2 amide bonds. The van der Waals surface area contributed by atoms with E-state index < -0.39 is 12.1 Å². The Morgan fingerprint density at radius 1 is 1.21 bits per heavy atom. The molecule has 2 heterocycles. The highest BCUT2D eigenvalue weighted by atomic mass is 35.5. The maximum Gasteiger partial charge on any atom is 0.249 e. The molecule has 0 saturated heterocycles. The van der Waals surface area contributed by atoms with Crippen molar-refractivity contribution in [3.8, 4) is 16.3 Å². The molecule has 1 aromatic heterocycles. The molecule has 0 unspecified atom stereocenters. The van der Waals surface area contributed by atoms with Gasteiger partial charge in [0.15, 0.2) is 0 Å². The largest absolute Gasteiger partial charge is 0.496 e. The van der Waals surface area contributed by atoms with Gasteiger partial charge in [-0.05, 0) is 68.3 Å². The average Bonchev–Trinajstić information content (AvgIpc) is 3.33. The summed E-state index contributed by atoms with van der Waals surface area (Å²) in [6.07, 6.45) is 1.23. The summed E-state index contributed by atoms with van der Waals surface area (Å²) in [5.41, 5.74) is 4.93. The number of likely N-dealkylation sites (N-methyl/N-ethyl adjacent to an activating group) is 1. The van der Waals surface area contributed by atoms with Crippen LogP contribution >= 0.6 is 23.7 Å². The van der Waals surface area contributed by atoms with Gasteiger partial charge in [-0.15, -0.1) is 23.7 Å². The second-order valence-corrected chi connectivity index (χ2v) is 10.5. The van der Waals surface area contributed by atoms with Gasteiger partial charge in [-0.3, -0.25) is 9.59 Å². The van der Waals surface area contributed by atoms with Crippen LogP contribution in [-0.4, -0.2) is 43.0 Å². The van der Waals surface area contributed by atoms with E-state index in [1.165, 1.54) is 0 Å². The first-order valence-electron chi connectivity index (χ1n) is 12.8. The fourth-order valence-electron chi connectivity index (χ4n) is 4.95. The number of para-hydroxylation sites is 1. The lowest BCUT2D eigenvalue weighted by molar-refractivity contribution is -0.128. The third-order valence-corrected chi connectivity index (χ3v) is 8.19. The van der Waals surface area contributed by atoms with E-state index in [2.05, 4.69) is 39.9 Å². The lowest BCUT2D eigenvalue weighted by atomic mass is 10.00. The van der Waals surface area contributed by atoms with Crippen molar-refractivity contribution in [3.63, 3.8) is 0 Å². The van der Waals surface area contributed by atoms with Crippen molar-refractivity contribution in [3.05, 3.63) is 76.8 Å². The van der Waals surface area contributed by atoms with Crippen molar-refractivity contribution in [2.75, 3.05) is 19.1 Å². The van der Waals surface area contributed by atoms with Gasteiger partial charge in [-0.25, -0.2) is 4.98 Å². The van der Waals surface area contributed by atoms with E-state index in [1.54, 1.807) is 37.3 Å². The predicted molar refractivity (Wildman–Crippen MR) is 160 cm³/mol. The highest BCUT2D eigenvalue weighted by molar-refractivity contribution is 7.13. The van der Waals surface area contributed by atoms with Gasteiger partial charge >= 0.3 is 0 Å². The van der Waals surface area contributed by atoms with Crippen LogP contribution < -0.4 is 20.3 Å². The summed E-state index contributed by atoms with van der Waals surface area (Å²) >= 11 is 1.63. The van der Waals surface area contributed by atoms with E-state index >= 15 is 0 Å². The van der Waals surface area contributed by atoms with Crippen LogP contribution in [0.15, 0.2) is 60.0 Å². The number of nitrogens with zero attached hydrogens (tertiary/aromatic N) is 2. The Kier molecular flexibility index (Phi) is 8.90. The molecule has 1 aliphatic rings. The molecule has 0 aliphatic carbocycles. The van der Waals surface area contributed by atoms with Crippen LogP contribution in [0.5, 0.6) is 5.75 Å². The summed E-state index contributed by atoms with van der Waals surface area (Å²) in [6, 6.07) is 17.3. The number of nitrogens with one attached hydrogen (secondary N) is 2. The minimum atomic E-state index is -0.619. The topological polar surface area (TPSA) is 83.6 Å². The Bertz CT molecular complexity index is 1500. The molecule has 0 radical (unpaired) electrons. The molecule has 204 valence electrons. The van der Waals surface area contributed by atoms with E-state index in [0.29, 0.717) is 25.1 Å². The van der Waals surface area contributed by atoms with Crippen LogP contribution in [0.25, 0.3) is 21.3 Å². The number of thiazole rings is 1. The predicted octanol–water partition coefficient (Wildman–Crippen LogP) is 5.27. The lowest BCUT2D eigenvalue weighted by Gasteiger charge is -2.28. The number of carbonyl (C=O) groups is 2. The Morgan fingerprint density at radius 3 is 2.72 bits per heavy atom. The Labute approximate surface area is 239 Å². The Morgan fingerprint density at radius 2 is 2.00 bits per heavy atom. The number of halogens is 1. The van der Waals surface area contributed by atoms with Crippen LogP contribution in [0.4, 0.5) is 5.69 Å². The number of carbonyl (C=O) groups excluding carboxylic acids is 2. The zero-order chi connectivity index (χ0) is 26.8. The highest BCUT2D eigenvalue weighted by Crippen LogP contribution is 2.36. The molecule has 0 bridgehead atoms. The zero-order valence-electron chi connectivity index (χ0n) is 22.5. The van der Waals surface area contributed by atoms with Gasteiger partial charge in [-0.2, -0.15) is 0 Å². The van der Waals surface area contributed by atoms with E-state index in [9.17, 15) is 9.59 Å². The Balaban J connectivity index is 0.00000353. The first-order chi connectivity index (χ1) is 18.4. The minimum Gasteiger partial charge on any atom is -0.496 e. The van der Waals surface area contributed by atoms with Crippen molar-refractivity contribution >= 4 is 52.0 Å². The molecule has 4 aromatic rings. The van der Waals surface area contributed by atoms with E-state index in [4.69, 9.17) is 4.74 Å². The molecular formula is C30H33ClN4O3S. The fraction of sp³-hybridized carbons (Fsp3) is 0.300. The number of aromatic nitrogens is 1. The maximum absolute atomic E-state index is 14.0. The van der Waals surface area contributed by atoms with Gasteiger partial charge in [0.1, 0.15) is 16.8 Å². The van der Waals surface area contributed by atoms with Crippen molar-refractivity contribution in [1.29, 1.82) is 0 Å². The number of rotatable bonds is 7. The van der Waals surface area contributed by atoms with Crippen LogP contribution in [0.3, 0.4) is 0 Å². The number of aryl methyl sites for hydroxylation is 2. The summed E-state index contributed by atoms with van der Waals surface area (Å²) in [4.78, 5) is 33.1. The number of fused-ring (bicyclic) bond motifs is 2. The van der Waals surface area contributed by atoms with Gasteiger partial charge in [0, 0.05) is 27.9 Å². The summed E-state index contributed by atoms with van der Waals surface area (Å²) in [5.74, 6) is 0.402. The number of benzene rings is 3. The quantitative estimate of drug-likeness (QED) is 0.319. The fourth-order valence-corrected chi connectivity index (χ4v) is 5.74. The zero-order valence-corrected chi connectivity index (χ0v) is 24.1. The van der Waals surface area contributed by atoms with Crippen LogP contribution in [0, 0.1) is 6.92 Å². The number of hydrogen-bond donors (Lipinski definition) is 2. The second-order valence-electron chi connectivity index (χ2n) is 9.64. The first-order valence-corrected chi connectivity index (χ1v) is 13.7. The normalized spacial score (nSPS) is 15.7. The Hall–Kier alpha value is -3.46. The number of anilines is 1. The average molecular weight is 565 g/mol. The molecule has 2 N–H and O–H groups in total. The third kappa shape index (κ3) is 5.78. The molecule has 5 rings (SSSR count). The van der Waals surface area contributed by atoms with Crippen LogP contribution in [0.2, 0.25) is 0 Å². The number of hydrogen-bond acceptors (Lipinski definition) is 6. The molecule has 1 aliphatic heterocycles. The van der Waals surface area contributed by atoms with E-state index in [0.717, 1.165) is 43.9 Å². The van der Waals surface area contributed by atoms with Crippen molar-refractivity contribution in [1.82, 2.24) is 15.6 Å². The molecule has 0 spiro atoms. The minimum absolute atomic E-state index is 0. The molecule has 3 aromatic carbocycles. The van der Waals surface area contributed by atoms with Gasteiger partial charge in [0.05, 0.1) is 19.7 Å². The van der Waals surface area contributed by atoms with Crippen molar-refractivity contribution in [2.24, 2.45) is 0 Å². The third-order valence-electron chi connectivity index (χ3n) is 7.18. The molecule has 9 heteroatoms. The number of amides is 2. The summed E-state index contributed by atoms with van der Waals surface area (Å²) in [7, 11) is 3.38. The standard InChI is InChI=1S/C30H32N4O3S.ClH/c1-18-17-38-29(32-18)22-9-12-23-21(15-22)11-14-27(37-4)24(23)16-34-26-8-6-5-7-20(26)10-13-25(30(34)36)33-28(35)19(2)31-3;/h5-9,11-12,14-15,17,19,25,31H,10,13,16H2,1-4H3,(H,33,35);1H/t19-,25-;/m0./s1. The van der Waals surface area contributed by atoms with Gasteiger partial charge in [-0.1, -0.05) is 36.4 Å². The van der Waals surface area contributed by atoms with Crippen molar-refractivity contribution in [2.45, 2.75) is 45.3 Å². The van der Waals surface area contributed by atoms with Gasteiger partial charge in [0.25, 0.3) is 0 Å². The van der Waals surface area contributed by atoms with Crippen LogP contribution in [0.1, 0.15) is 30.2 Å². The summed E-state index contributed by atoms with van der Waals surface area (Å²) in [5, 5.41) is 11.0. The maximum atomic E-state index is 14.0. The SMILES string of the molecule is CN[C@@H](C)C(=O)N[C@H]1CCc2ccccc2N(Cc2c(OC)ccc3cc(-c4nc(C)cs4)ccc23)C1=O.Cl. The van der Waals surface area contributed by atoms with Crippen molar-refractivity contribution < 1.29 is 14.3 Å². The van der Waals surface area contributed by atoms with E-state index in [-0.39, 0.29) is 24.2 Å². The summed E-state index contributed by atoms with van der Waals surface area (Å²) < 4.78 is 5.78. The second kappa shape index (κ2) is 12.2. The smallest absolute Gasteiger partial charge is 0.249 e. The van der Waals surface area contributed by atoms with Crippen LogP contribution in [-0.2, 0) is 22.6 Å². The molecule has 7 nitrogen and oxygen atoms in total. The van der Waals surface area contributed by atoms with E-state index in [1.807, 2.05) is 42.6 Å². The lowest BCUT2D eigenvalue weighted by Crippen LogP contribution is -2.52.